The molecule has 1 aliphatic rings. The van der Waals surface area contributed by atoms with Gasteiger partial charge in [-0.25, -0.2) is 9.67 Å². The lowest BCUT2D eigenvalue weighted by Gasteiger charge is -2.35. The molecule has 2 aromatic heterocycles. The highest BCUT2D eigenvalue weighted by molar-refractivity contribution is 5.91. The zero-order valence-electron chi connectivity index (χ0n) is 15.4. The topological polar surface area (TPSA) is 113 Å². The van der Waals surface area contributed by atoms with Gasteiger partial charge >= 0.3 is 0 Å². The summed E-state index contributed by atoms with van der Waals surface area (Å²) in [6.45, 7) is 4.39. The second kappa shape index (κ2) is 8.72. The Hall–Kier alpha value is -2.81. The van der Waals surface area contributed by atoms with E-state index in [1.54, 1.807) is 6.07 Å². The summed E-state index contributed by atoms with van der Waals surface area (Å²) in [6, 6.07) is 3.39. The molecular weight excluding hydrogens is 348 g/mol. The highest BCUT2D eigenvalue weighted by Gasteiger charge is 2.23. The van der Waals surface area contributed by atoms with E-state index in [1.165, 1.54) is 23.1 Å². The third kappa shape index (κ3) is 4.88. The maximum atomic E-state index is 12.2. The number of carbonyl (C=O) groups excluding carboxylic acids is 1. The summed E-state index contributed by atoms with van der Waals surface area (Å²) in [4.78, 5) is 44.3. The third-order valence-electron chi connectivity index (χ3n) is 4.77. The van der Waals surface area contributed by atoms with Crippen LogP contribution in [-0.2, 0) is 6.54 Å². The summed E-state index contributed by atoms with van der Waals surface area (Å²) in [5, 5.41) is 7.08. The van der Waals surface area contributed by atoms with Gasteiger partial charge in [0.2, 0.25) is 0 Å². The zero-order valence-corrected chi connectivity index (χ0v) is 15.4. The lowest BCUT2D eigenvalue weighted by molar-refractivity contribution is 0.0902. The van der Waals surface area contributed by atoms with Crippen LogP contribution in [0.15, 0.2) is 34.1 Å². The summed E-state index contributed by atoms with van der Waals surface area (Å²) < 4.78 is 1.48. The van der Waals surface area contributed by atoms with Crippen LogP contribution in [0, 0.1) is 6.92 Å². The van der Waals surface area contributed by atoms with Gasteiger partial charge in [0.15, 0.2) is 5.69 Å². The van der Waals surface area contributed by atoms with Crippen LogP contribution >= 0.6 is 0 Å². The fourth-order valence-electron chi connectivity index (χ4n) is 3.33. The van der Waals surface area contributed by atoms with E-state index >= 15 is 0 Å². The molecule has 27 heavy (non-hydrogen) atoms. The van der Waals surface area contributed by atoms with Gasteiger partial charge in [0, 0.05) is 37.6 Å². The lowest BCUT2D eigenvalue weighted by Crippen LogP contribution is -2.48. The largest absolute Gasteiger partial charge is 0.349 e. The highest BCUT2D eigenvalue weighted by Crippen LogP contribution is 2.16. The number of H-pyrrole nitrogens is 1. The predicted molar refractivity (Wildman–Crippen MR) is 99.6 cm³/mol. The molecule has 1 saturated heterocycles. The molecule has 0 saturated carbocycles. The number of carbonyl (C=O) groups is 1. The van der Waals surface area contributed by atoms with Crippen molar-refractivity contribution in [3.05, 3.63) is 56.6 Å². The van der Waals surface area contributed by atoms with Crippen molar-refractivity contribution in [1.82, 2.24) is 30.0 Å². The van der Waals surface area contributed by atoms with Gasteiger partial charge in [-0.15, -0.1) is 0 Å². The van der Waals surface area contributed by atoms with Crippen molar-refractivity contribution < 1.29 is 4.79 Å². The Kier molecular flexibility index (Phi) is 6.12. The van der Waals surface area contributed by atoms with Crippen molar-refractivity contribution in [1.29, 1.82) is 0 Å². The molecule has 2 aromatic rings. The minimum atomic E-state index is -0.500. The number of hydrogen-bond acceptors (Lipinski definition) is 6. The maximum absolute atomic E-state index is 12.2. The van der Waals surface area contributed by atoms with Crippen molar-refractivity contribution in [2.45, 2.75) is 38.8 Å². The van der Waals surface area contributed by atoms with E-state index in [1.807, 2.05) is 6.92 Å². The van der Waals surface area contributed by atoms with E-state index in [4.69, 9.17) is 0 Å². The van der Waals surface area contributed by atoms with E-state index in [9.17, 15) is 14.4 Å². The van der Waals surface area contributed by atoms with Crippen molar-refractivity contribution in [3.63, 3.8) is 0 Å². The first-order valence-electron chi connectivity index (χ1n) is 9.15. The number of aromatic amines is 1. The SMILES string of the molecule is Cc1ccc(=O)n(CCN2CCCCC2CNC(=O)c2ncc[nH]c2=O)n1. The monoisotopic (exact) mass is 372 g/mol. The van der Waals surface area contributed by atoms with E-state index in [0.717, 1.165) is 31.5 Å². The quantitative estimate of drug-likeness (QED) is 0.733. The summed E-state index contributed by atoms with van der Waals surface area (Å²) in [7, 11) is 0. The number of piperidine rings is 1. The molecule has 2 N–H and O–H groups in total. The first-order valence-corrected chi connectivity index (χ1v) is 9.15. The van der Waals surface area contributed by atoms with Crippen molar-refractivity contribution >= 4 is 5.91 Å². The van der Waals surface area contributed by atoms with Crippen molar-refractivity contribution in [2.24, 2.45) is 0 Å². The van der Waals surface area contributed by atoms with E-state index in [-0.39, 0.29) is 17.3 Å². The molecule has 1 amide bonds. The van der Waals surface area contributed by atoms with Crippen molar-refractivity contribution in [2.75, 3.05) is 19.6 Å². The number of rotatable bonds is 6. The Morgan fingerprint density at radius 2 is 2.15 bits per heavy atom. The Bertz CT molecular complexity index is 906. The molecular formula is C18H24N6O3. The zero-order chi connectivity index (χ0) is 19.2. The van der Waals surface area contributed by atoms with Gasteiger partial charge in [-0.1, -0.05) is 6.42 Å². The van der Waals surface area contributed by atoms with Crippen LogP contribution in [0.5, 0.6) is 0 Å². The second-order valence-electron chi connectivity index (χ2n) is 6.70. The predicted octanol–water partition coefficient (Wildman–Crippen LogP) is -0.0805. The summed E-state index contributed by atoms with van der Waals surface area (Å²) in [6.07, 6.45) is 5.90. The molecule has 1 aliphatic heterocycles. The molecule has 3 heterocycles. The van der Waals surface area contributed by atoms with Gasteiger partial charge in [0.05, 0.1) is 12.2 Å². The molecule has 1 atom stereocenters. The van der Waals surface area contributed by atoms with Crippen LogP contribution in [-0.4, -0.2) is 56.2 Å². The average molecular weight is 372 g/mol. The third-order valence-corrected chi connectivity index (χ3v) is 4.77. The van der Waals surface area contributed by atoms with Gasteiger partial charge in [-0.05, 0) is 32.4 Å². The smallest absolute Gasteiger partial charge is 0.279 e. The molecule has 0 aromatic carbocycles. The molecule has 144 valence electrons. The van der Waals surface area contributed by atoms with Gasteiger partial charge < -0.3 is 10.3 Å². The molecule has 9 nitrogen and oxygen atoms in total. The molecule has 0 aliphatic carbocycles. The second-order valence-corrected chi connectivity index (χ2v) is 6.70. The first kappa shape index (κ1) is 19.0. The highest BCUT2D eigenvalue weighted by atomic mass is 16.2. The normalized spacial score (nSPS) is 17.6. The molecule has 3 rings (SSSR count). The lowest BCUT2D eigenvalue weighted by atomic mass is 10.0. The van der Waals surface area contributed by atoms with E-state index < -0.39 is 11.5 Å². The van der Waals surface area contributed by atoms with Crippen LogP contribution in [0.3, 0.4) is 0 Å². The van der Waals surface area contributed by atoms with Gasteiger partial charge in [0.25, 0.3) is 17.0 Å². The Balaban J connectivity index is 1.59. The number of aryl methyl sites for hydroxylation is 1. The Labute approximate surface area is 156 Å². The van der Waals surface area contributed by atoms with Gasteiger partial charge in [-0.3, -0.25) is 19.3 Å². The summed E-state index contributed by atoms with van der Waals surface area (Å²) in [5.41, 5.74) is 0.0604. The first-order chi connectivity index (χ1) is 13.0. The molecule has 9 heteroatoms. The average Bonchev–Trinajstić information content (AvgIpc) is 2.68. The van der Waals surface area contributed by atoms with Crippen LogP contribution in [0.1, 0.15) is 35.4 Å². The van der Waals surface area contributed by atoms with Gasteiger partial charge in [0.1, 0.15) is 0 Å². The molecule has 0 bridgehead atoms. The fraction of sp³-hybridized carbons (Fsp3) is 0.500. The van der Waals surface area contributed by atoms with Crippen LogP contribution in [0.25, 0.3) is 0 Å². The summed E-state index contributed by atoms with van der Waals surface area (Å²) in [5.74, 6) is -0.473. The van der Waals surface area contributed by atoms with Crippen LogP contribution in [0.2, 0.25) is 0 Å². The van der Waals surface area contributed by atoms with Gasteiger partial charge in [-0.2, -0.15) is 5.10 Å². The number of aromatic nitrogens is 4. The molecule has 1 fully saturated rings. The number of likely N-dealkylation sites (tertiary alicyclic amines) is 1. The molecule has 0 spiro atoms. The molecule has 1 unspecified atom stereocenters. The maximum Gasteiger partial charge on any atom is 0.279 e. The number of nitrogens with zero attached hydrogens (tertiary/aromatic N) is 4. The minimum Gasteiger partial charge on any atom is -0.349 e. The standard InChI is InChI=1S/C18H24N6O3/c1-13-5-6-15(25)24(22-13)11-10-23-9-3-2-4-14(23)12-21-18(27)16-17(26)20-8-7-19-16/h5-8,14H,2-4,9-12H2,1H3,(H,20,26)(H,21,27). The fourth-order valence-corrected chi connectivity index (χ4v) is 3.33. The van der Waals surface area contributed by atoms with E-state index in [0.29, 0.717) is 19.6 Å². The van der Waals surface area contributed by atoms with Crippen LogP contribution < -0.4 is 16.4 Å². The Morgan fingerprint density at radius 3 is 2.96 bits per heavy atom. The summed E-state index contributed by atoms with van der Waals surface area (Å²) >= 11 is 0. The minimum absolute atomic E-state index is 0.114. The number of nitrogens with one attached hydrogen (secondary N) is 2. The molecule has 0 radical (unpaired) electrons. The van der Waals surface area contributed by atoms with E-state index in [2.05, 4.69) is 25.3 Å². The van der Waals surface area contributed by atoms with Crippen molar-refractivity contribution in [3.8, 4) is 0 Å². The van der Waals surface area contributed by atoms with Crippen LogP contribution in [0.4, 0.5) is 0 Å². The number of hydrogen-bond donors (Lipinski definition) is 2. The number of amides is 1. The Morgan fingerprint density at radius 1 is 1.30 bits per heavy atom.